The van der Waals surface area contributed by atoms with E-state index in [1.54, 1.807) is 12.3 Å². The molecule has 0 atom stereocenters. The number of carbonyl (C=O) groups is 1. The van der Waals surface area contributed by atoms with Crippen LogP contribution in [0.1, 0.15) is 34.3 Å². The van der Waals surface area contributed by atoms with Crippen LogP contribution in [0.4, 0.5) is 0 Å². The normalized spacial score (nSPS) is 19.6. The van der Waals surface area contributed by atoms with E-state index in [0.717, 1.165) is 45.4 Å². The minimum absolute atomic E-state index is 0.0983. The van der Waals surface area contributed by atoms with Crippen molar-refractivity contribution in [1.29, 1.82) is 0 Å². The molecule has 0 radical (unpaired) electrons. The molecule has 0 spiro atoms. The number of amides is 1. The van der Waals surface area contributed by atoms with Crippen LogP contribution in [0.3, 0.4) is 0 Å². The summed E-state index contributed by atoms with van der Waals surface area (Å²) in [5, 5.41) is 0. The van der Waals surface area contributed by atoms with Gasteiger partial charge in [0.1, 0.15) is 6.26 Å². The van der Waals surface area contributed by atoms with Gasteiger partial charge >= 0.3 is 0 Å². The number of furan rings is 1. The van der Waals surface area contributed by atoms with E-state index < -0.39 is 0 Å². The number of likely N-dealkylation sites (tertiary alicyclic amines) is 1. The third-order valence-electron chi connectivity index (χ3n) is 5.20. The Bertz CT molecular complexity index is 672. The molecule has 2 aromatic rings. The molecule has 2 aliphatic rings. The van der Waals surface area contributed by atoms with Gasteiger partial charge in [0.25, 0.3) is 5.91 Å². The van der Waals surface area contributed by atoms with Gasteiger partial charge in [-0.15, -0.1) is 0 Å². The van der Waals surface area contributed by atoms with Crippen LogP contribution in [-0.2, 0) is 13.0 Å². The van der Waals surface area contributed by atoms with Crippen LogP contribution in [0.2, 0.25) is 0 Å². The van der Waals surface area contributed by atoms with Crippen molar-refractivity contribution in [2.45, 2.75) is 31.8 Å². The van der Waals surface area contributed by atoms with E-state index >= 15 is 0 Å². The Morgan fingerprint density at radius 3 is 2.57 bits per heavy atom. The number of carbonyl (C=O) groups excluding carboxylic acids is 1. The van der Waals surface area contributed by atoms with Crippen molar-refractivity contribution in [3.8, 4) is 0 Å². The molecular formula is C19H22N2O2. The number of rotatable bonds is 2. The maximum atomic E-state index is 12.4. The topological polar surface area (TPSA) is 36.7 Å². The highest BCUT2D eigenvalue weighted by Crippen LogP contribution is 2.25. The van der Waals surface area contributed by atoms with Gasteiger partial charge in [0.15, 0.2) is 0 Å². The number of hydrogen-bond donors (Lipinski definition) is 0. The lowest BCUT2D eigenvalue weighted by atomic mass is 9.95. The van der Waals surface area contributed by atoms with Crippen LogP contribution in [0, 0.1) is 0 Å². The zero-order valence-electron chi connectivity index (χ0n) is 13.3. The molecule has 0 N–H and O–H groups in total. The Morgan fingerprint density at radius 2 is 1.83 bits per heavy atom. The fourth-order valence-electron chi connectivity index (χ4n) is 3.83. The minimum Gasteiger partial charge on any atom is -0.472 e. The van der Waals surface area contributed by atoms with E-state index in [9.17, 15) is 4.79 Å². The van der Waals surface area contributed by atoms with Crippen molar-refractivity contribution in [2.24, 2.45) is 0 Å². The van der Waals surface area contributed by atoms with Gasteiger partial charge in [-0.2, -0.15) is 0 Å². The zero-order valence-corrected chi connectivity index (χ0v) is 13.3. The van der Waals surface area contributed by atoms with Crippen molar-refractivity contribution in [2.75, 3.05) is 19.6 Å². The maximum absolute atomic E-state index is 12.4. The van der Waals surface area contributed by atoms with E-state index in [-0.39, 0.29) is 5.91 Å². The molecule has 120 valence electrons. The van der Waals surface area contributed by atoms with Crippen LogP contribution in [0.5, 0.6) is 0 Å². The zero-order chi connectivity index (χ0) is 15.6. The van der Waals surface area contributed by atoms with Crippen molar-refractivity contribution in [3.05, 3.63) is 59.5 Å². The number of piperidine rings is 1. The first-order valence-electron chi connectivity index (χ1n) is 8.43. The first kappa shape index (κ1) is 14.5. The van der Waals surface area contributed by atoms with Crippen LogP contribution in [-0.4, -0.2) is 41.4 Å². The Labute approximate surface area is 136 Å². The predicted octanol–water partition coefficient (Wildman–Crippen LogP) is 2.94. The van der Waals surface area contributed by atoms with Gasteiger partial charge in [0, 0.05) is 32.2 Å². The minimum atomic E-state index is 0.0983. The van der Waals surface area contributed by atoms with Gasteiger partial charge in [0.05, 0.1) is 11.8 Å². The summed E-state index contributed by atoms with van der Waals surface area (Å²) in [7, 11) is 0. The predicted molar refractivity (Wildman–Crippen MR) is 88.2 cm³/mol. The second kappa shape index (κ2) is 6.20. The molecule has 1 saturated heterocycles. The molecule has 1 amide bonds. The fraction of sp³-hybridized carbons (Fsp3) is 0.421. The van der Waals surface area contributed by atoms with E-state index in [4.69, 9.17) is 4.42 Å². The molecular weight excluding hydrogens is 288 g/mol. The molecule has 0 aliphatic carbocycles. The molecule has 0 saturated carbocycles. The highest BCUT2D eigenvalue weighted by atomic mass is 16.3. The molecule has 1 fully saturated rings. The largest absolute Gasteiger partial charge is 0.472 e. The Morgan fingerprint density at radius 1 is 1.04 bits per heavy atom. The molecule has 23 heavy (non-hydrogen) atoms. The standard InChI is InChI=1S/C19H22N2O2/c22-19(17-8-12-23-14-17)20-10-6-18(7-11-20)21-9-5-15-3-1-2-4-16(15)13-21/h1-4,8,12,14,18H,5-7,9-11,13H2. The van der Waals surface area contributed by atoms with Crippen molar-refractivity contribution in [1.82, 2.24) is 9.80 Å². The summed E-state index contributed by atoms with van der Waals surface area (Å²) in [6.07, 6.45) is 6.36. The molecule has 1 aromatic heterocycles. The Kier molecular flexibility index (Phi) is 3.92. The number of hydrogen-bond acceptors (Lipinski definition) is 3. The molecule has 4 heteroatoms. The van der Waals surface area contributed by atoms with Gasteiger partial charge in [-0.3, -0.25) is 9.69 Å². The number of benzene rings is 1. The SMILES string of the molecule is O=C(c1ccoc1)N1CCC(N2CCc3ccccc3C2)CC1. The van der Waals surface area contributed by atoms with E-state index in [1.807, 2.05) is 4.90 Å². The Hall–Kier alpha value is -2.07. The molecule has 4 rings (SSSR count). The monoisotopic (exact) mass is 310 g/mol. The van der Waals surface area contributed by atoms with Crippen LogP contribution < -0.4 is 0 Å². The summed E-state index contributed by atoms with van der Waals surface area (Å²) in [6, 6.07) is 11.1. The smallest absolute Gasteiger partial charge is 0.257 e. The summed E-state index contributed by atoms with van der Waals surface area (Å²) in [4.78, 5) is 16.9. The summed E-state index contributed by atoms with van der Waals surface area (Å²) in [5.74, 6) is 0.0983. The van der Waals surface area contributed by atoms with Gasteiger partial charge in [-0.05, 0) is 36.5 Å². The number of fused-ring (bicyclic) bond motifs is 1. The Balaban J connectivity index is 1.36. The third kappa shape index (κ3) is 2.91. The molecule has 2 aliphatic heterocycles. The van der Waals surface area contributed by atoms with Crippen molar-refractivity contribution < 1.29 is 9.21 Å². The van der Waals surface area contributed by atoms with E-state index in [2.05, 4.69) is 29.2 Å². The van der Waals surface area contributed by atoms with E-state index in [1.165, 1.54) is 17.4 Å². The molecule has 0 bridgehead atoms. The summed E-state index contributed by atoms with van der Waals surface area (Å²) in [5.41, 5.74) is 3.63. The maximum Gasteiger partial charge on any atom is 0.257 e. The van der Waals surface area contributed by atoms with E-state index in [0.29, 0.717) is 11.6 Å². The first-order chi connectivity index (χ1) is 11.3. The lowest BCUT2D eigenvalue weighted by molar-refractivity contribution is 0.0599. The van der Waals surface area contributed by atoms with Crippen LogP contribution in [0.15, 0.2) is 47.3 Å². The quantitative estimate of drug-likeness (QED) is 0.856. The van der Waals surface area contributed by atoms with Gasteiger partial charge < -0.3 is 9.32 Å². The molecule has 3 heterocycles. The fourth-order valence-corrected chi connectivity index (χ4v) is 3.83. The van der Waals surface area contributed by atoms with Gasteiger partial charge in [0.2, 0.25) is 0 Å². The van der Waals surface area contributed by atoms with Gasteiger partial charge in [-0.25, -0.2) is 0 Å². The van der Waals surface area contributed by atoms with Crippen molar-refractivity contribution in [3.63, 3.8) is 0 Å². The lowest BCUT2D eigenvalue weighted by Crippen LogP contribution is -2.48. The second-order valence-corrected chi connectivity index (χ2v) is 6.52. The molecule has 4 nitrogen and oxygen atoms in total. The van der Waals surface area contributed by atoms with Crippen LogP contribution in [0.25, 0.3) is 0 Å². The highest BCUT2D eigenvalue weighted by molar-refractivity contribution is 5.93. The lowest BCUT2D eigenvalue weighted by Gasteiger charge is -2.40. The summed E-state index contributed by atoms with van der Waals surface area (Å²) >= 11 is 0. The first-order valence-corrected chi connectivity index (χ1v) is 8.43. The summed E-state index contributed by atoms with van der Waals surface area (Å²) < 4.78 is 5.02. The third-order valence-corrected chi connectivity index (χ3v) is 5.20. The van der Waals surface area contributed by atoms with Crippen LogP contribution >= 0.6 is 0 Å². The average molecular weight is 310 g/mol. The second-order valence-electron chi connectivity index (χ2n) is 6.52. The molecule has 1 aromatic carbocycles. The van der Waals surface area contributed by atoms with Gasteiger partial charge in [-0.1, -0.05) is 24.3 Å². The summed E-state index contributed by atoms with van der Waals surface area (Å²) in [6.45, 7) is 3.87. The van der Waals surface area contributed by atoms with Crippen molar-refractivity contribution >= 4 is 5.91 Å². The average Bonchev–Trinajstić information content (AvgIpc) is 3.15. The number of nitrogens with zero attached hydrogens (tertiary/aromatic N) is 2. The highest BCUT2D eigenvalue weighted by Gasteiger charge is 2.29. The molecule has 0 unspecified atom stereocenters.